The standard InChI is InChI=1S/C9H11NO/c1-10-8-11-7-9-5-3-2-4-6-9/h2-7,10H,1,8H2. The molecule has 2 heteroatoms. The Balaban J connectivity index is 2.28. The van der Waals surface area contributed by atoms with Crippen LogP contribution >= 0.6 is 0 Å². The molecule has 0 atom stereocenters. The lowest BCUT2D eigenvalue weighted by atomic mass is 10.2. The molecule has 0 aromatic heterocycles. The third kappa shape index (κ3) is 3.16. The Morgan fingerprint density at radius 3 is 2.73 bits per heavy atom. The number of hydrogen-bond donors (Lipinski definition) is 1. The summed E-state index contributed by atoms with van der Waals surface area (Å²) in [6, 6.07) is 9.85. The van der Waals surface area contributed by atoms with Gasteiger partial charge in [-0.25, -0.2) is 0 Å². The van der Waals surface area contributed by atoms with Crippen LogP contribution in [0.2, 0.25) is 0 Å². The molecule has 0 spiro atoms. The SMILES string of the molecule is [CH2]NCO[CH]c1ccccc1. The van der Waals surface area contributed by atoms with E-state index in [4.69, 9.17) is 4.74 Å². The zero-order chi connectivity index (χ0) is 7.94. The molecule has 2 nitrogen and oxygen atoms in total. The number of benzene rings is 1. The van der Waals surface area contributed by atoms with Crippen LogP contribution in [-0.2, 0) is 4.74 Å². The molecule has 1 rings (SSSR count). The zero-order valence-corrected chi connectivity index (χ0v) is 6.29. The molecule has 2 radical (unpaired) electrons. The maximum atomic E-state index is 5.07. The van der Waals surface area contributed by atoms with E-state index in [9.17, 15) is 0 Å². The van der Waals surface area contributed by atoms with Crippen molar-refractivity contribution < 1.29 is 4.74 Å². The van der Waals surface area contributed by atoms with Crippen LogP contribution in [0, 0.1) is 13.7 Å². The fourth-order valence-corrected chi connectivity index (χ4v) is 0.728. The Labute approximate surface area is 67.2 Å². The Bertz CT molecular complexity index is 186. The summed E-state index contributed by atoms with van der Waals surface area (Å²) in [6.45, 7) is 2.13. The first-order chi connectivity index (χ1) is 5.43. The fourth-order valence-electron chi connectivity index (χ4n) is 0.728. The lowest BCUT2D eigenvalue weighted by molar-refractivity contribution is 0.200. The van der Waals surface area contributed by atoms with Gasteiger partial charge in [-0.3, -0.25) is 5.32 Å². The van der Waals surface area contributed by atoms with E-state index in [1.165, 1.54) is 0 Å². The Morgan fingerprint density at radius 2 is 2.09 bits per heavy atom. The molecule has 0 aliphatic heterocycles. The van der Waals surface area contributed by atoms with E-state index in [2.05, 4.69) is 12.4 Å². The first-order valence-corrected chi connectivity index (χ1v) is 3.43. The van der Waals surface area contributed by atoms with Crippen molar-refractivity contribution in [1.82, 2.24) is 5.32 Å². The first kappa shape index (κ1) is 8.24. The van der Waals surface area contributed by atoms with Crippen LogP contribution in [0.15, 0.2) is 30.3 Å². The monoisotopic (exact) mass is 149 g/mol. The van der Waals surface area contributed by atoms with Gasteiger partial charge in [0, 0.05) is 7.05 Å². The highest BCUT2D eigenvalue weighted by Crippen LogP contribution is 2.01. The molecule has 58 valence electrons. The Kier molecular flexibility index (Phi) is 3.65. The summed E-state index contributed by atoms with van der Waals surface area (Å²) in [5, 5.41) is 2.63. The van der Waals surface area contributed by atoms with Crippen LogP contribution in [0.1, 0.15) is 5.56 Å². The van der Waals surface area contributed by atoms with E-state index >= 15 is 0 Å². The van der Waals surface area contributed by atoms with Crippen molar-refractivity contribution in [2.75, 3.05) is 6.73 Å². The van der Waals surface area contributed by atoms with Gasteiger partial charge < -0.3 is 4.74 Å². The number of nitrogens with one attached hydrogen (secondary N) is 1. The number of hydrogen-bond acceptors (Lipinski definition) is 2. The minimum atomic E-state index is 0.439. The normalized spacial score (nSPS) is 9.91. The Hall–Kier alpha value is -0.860. The van der Waals surface area contributed by atoms with Crippen molar-refractivity contribution >= 4 is 0 Å². The summed E-state index contributed by atoms with van der Waals surface area (Å²) in [4.78, 5) is 0. The van der Waals surface area contributed by atoms with E-state index in [0.29, 0.717) is 6.73 Å². The van der Waals surface area contributed by atoms with Crippen molar-refractivity contribution in [3.63, 3.8) is 0 Å². The number of ether oxygens (including phenoxy) is 1. The molecule has 1 aromatic rings. The second kappa shape index (κ2) is 4.88. The van der Waals surface area contributed by atoms with Gasteiger partial charge in [-0.1, -0.05) is 30.3 Å². The highest BCUT2D eigenvalue weighted by atomic mass is 16.5. The lowest BCUT2D eigenvalue weighted by Crippen LogP contribution is -2.07. The van der Waals surface area contributed by atoms with Gasteiger partial charge in [0.2, 0.25) is 0 Å². The highest BCUT2D eigenvalue weighted by Gasteiger charge is 1.89. The summed E-state index contributed by atoms with van der Waals surface area (Å²) in [5.41, 5.74) is 1.06. The third-order valence-corrected chi connectivity index (χ3v) is 1.20. The molecule has 0 bridgehead atoms. The summed E-state index contributed by atoms with van der Waals surface area (Å²) in [7, 11) is 3.42. The molecule has 1 aromatic carbocycles. The fraction of sp³-hybridized carbons (Fsp3) is 0.111. The first-order valence-electron chi connectivity index (χ1n) is 3.43. The van der Waals surface area contributed by atoms with Gasteiger partial charge in [0.05, 0.1) is 6.73 Å². The summed E-state index contributed by atoms with van der Waals surface area (Å²) in [6.07, 6.45) is 0. The summed E-state index contributed by atoms with van der Waals surface area (Å²) in [5.74, 6) is 0. The molecule has 0 heterocycles. The van der Waals surface area contributed by atoms with Gasteiger partial charge in [-0.05, 0) is 5.56 Å². The molecule has 0 amide bonds. The molecular formula is C9H11NO. The second-order valence-electron chi connectivity index (χ2n) is 2.09. The minimum absolute atomic E-state index is 0.439. The third-order valence-electron chi connectivity index (χ3n) is 1.20. The van der Waals surface area contributed by atoms with Crippen LogP contribution in [0.25, 0.3) is 0 Å². The highest BCUT2D eigenvalue weighted by molar-refractivity contribution is 5.19. The van der Waals surface area contributed by atoms with Gasteiger partial charge >= 0.3 is 0 Å². The van der Waals surface area contributed by atoms with Gasteiger partial charge in [-0.15, -0.1) is 0 Å². The maximum absolute atomic E-state index is 5.07. The van der Waals surface area contributed by atoms with Crippen LogP contribution in [0.4, 0.5) is 0 Å². The van der Waals surface area contributed by atoms with E-state index in [-0.39, 0.29) is 0 Å². The van der Waals surface area contributed by atoms with E-state index < -0.39 is 0 Å². The predicted molar refractivity (Wildman–Crippen MR) is 44.3 cm³/mol. The predicted octanol–water partition coefficient (Wildman–Crippen LogP) is 1.55. The molecule has 11 heavy (non-hydrogen) atoms. The van der Waals surface area contributed by atoms with Crippen LogP contribution in [-0.4, -0.2) is 6.73 Å². The van der Waals surface area contributed by atoms with E-state index in [1.807, 2.05) is 30.3 Å². The van der Waals surface area contributed by atoms with Gasteiger partial charge in [0.25, 0.3) is 0 Å². The van der Waals surface area contributed by atoms with Crippen molar-refractivity contribution in [2.24, 2.45) is 0 Å². The Morgan fingerprint density at radius 1 is 1.36 bits per heavy atom. The average molecular weight is 149 g/mol. The molecule has 0 saturated heterocycles. The zero-order valence-electron chi connectivity index (χ0n) is 6.29. The van der Waals surface area contributed by atoms with E-state index in [0.717, 1.165) is 5.56 Å². The largest absolute Gasteiger partial charge is 0.355 e. The molecule has 0 aliphatic rings. The molecule has 0 fully saturated rings. The van der Waals surface area contributed by atoms with Crippen molar-refractivity contribution in [1.29, 1.82) is 0 Å². The molecule has 0 aliphatic carbocycles. The quantitative estimate of drug-likeness (QED) is 0.518. The second-order valence-corrected chi connectivity index (χ2v) is 2.09. The van der Waals surface area contributed by atoms with Crippen LogP contribution < -0.4 is 5.32 Å². The van der Waals surface area contributed by atoms with Crippen LogP contribution in [0.3, 0.4) is 0 Å². The topological polar surface area (TPSA) is 21.3 Å². The molecule has 1 N–H and O–H groups in total. The van der Waals surface area contributed by atoms with E-state index in [1.54, 1.807) is 6.61 Å². The van der Waals surface area contributed by atoms with Crippen molar-refractivity contribution in [2.45, 2.75) is 0 Å². The molecule has 0 unspecified atom stereocenters. The van der Waals surface area contributed by atoms with Crippen LogP contribution in [0.5, 0.6) is 0 Å². The maximum Gasteiger partial charge on any atom is 0.115 e. The summed E-state index contributed by atoms with van der Waals surface area (Å²) < 4.78 is 5.07. The van der Waals surface area contributed by atoms with Gasteiger partial charge in [-0.2, -0.15) is 0 Å². The molecule has 0 saturated carbocycles. The lowest BCUT2D eigenvalue weighted by Gasteiger charge is -2.00. The summed E-state index contributed by atoms with van der Waals surface area (Å²) >= 11 is 0. The number of rotatable bonds is 4. The van der Waals surface area contributed by atoms with Crippen molar-refractivity contribution in [3.05, 3.63) is 49.5 Å². The minimum Gasteiger partial charge on any atom is -0.355 e. The average Bonchev–Trinajstić information content (AvgIpc) is 2.07. The van der Waals surface area contributed by atoms with Gasteiger partial charge in [0.15, 0.2) is 0 Å². The molecular weight excluding hydrogens is 138 g/mol. The van der Waals surface area contributed by atoms with Gasteiger partial charge in [0.1, 0.15) is 6.61 Å². The smallest absolute Gasteiger partial charge is 0.115 e. The van der Waals surface area contributed by atoms with Crippen molar-refractivity contribution in [3.8, 4) is 0 Å².